The first-order chi connectivity index (χ1) is 5.74. The quantitative estimate of drug-likeness (QED) is 0.671. The van der Waals surface area contributed by atoms with Crippen molar-refractivity contribution in [2.45, 2.75) is 44.0 Å². The van der Waals surface area contributed by atoms with E-state index in [-0.39, 0.29) is 0 Å². The van der Waals surface area contributed by atoms with E-state index in [0.717, 1.165) is 11.7 Å². The summed E-state index contributed by atoms with van der Waals surface area (Å²) in [6, 6.07) is 1.15. The SMILES string of the molecule is C#CCC(C)NC1CCSC1C. The summed E-state index contributed by atoms with van der Waals surface area (Å²) in [5, 5.41) is 4.32. The molecule has 0 bridgehead atoms. The van der Waals surface area contributed by atoms with Crippen molar-refractivity contribution in [2.24, 2.45) is 0 Å². The Morgan fingerprint density at radius 1 is 1.75 bits per heavy atom. The van der Waals surface area contributed by atoms with Crippen molar-refractivity contribution in [3.8, 4) is 12.3 Å². The Kier molecular flexibility index (Phi) is 3.97. The molecule has 0 aromatic carbocycles. The Balaban J connectivity index is 2.26. The molecule has 0 aromatic heterocycles. The van der Waals surface area contributed by atoms with E-state index in [1.807, 2.05) is 0 Å². The van der Waals surface area contributed by atoms with Crippen LogP contribution in [0.4, 0.5) is 0 Å². The maximum absolute atomic E-state index is 5.24. The van der Waals surface area contributed by atoms with Crippen LogP contribution in [0.2, 0.25) is 0 Å². The predicted octanol–water partition coefficient (Wildman–Crippen LogP) is 1.88. The van der Waals surface area contributed by atoms with Crippen LogP contribution < -0.4 is 5.32 Å². The first-order valence-corrected chi connectivity index (χ1v) is 5.60. The first kappa shape index (κ1) is 9.95. The maximum atomic E-state index is 5.24. The Morgan fingerprint density at radius 3 is 3.00 bits per heavy atom. The van der Waals surface area contributed by atoms with E-state index in [4.69, 9.17) is 6.42 Å². The van der Waals surface area contributed by atoms with Gasteiger partial charge < -0.3 is 5.32 Å². The van der Waals surface area contributed by atoms with Crippen molar-refractivity contribution in [1.29, 1.82) is 0 Å². The van der Waals surface area contributed by atoms with E-state index in [9.17, 15) is 0 Å². The van der Waals surface area contributed by atoms with Crippen LogP contribution in [-0.2, 0) is 0 Å². The number of thioether (sulfide) groups is 1. The van der Waals surface area contributed by atoms with Gasteiger partial charge in [0.05, 0.1) is 0 Å². The summed E-state index contributed by atoms with van der Waals surface area (Å²) >= 11 is 2.05. The summed E-state index contributed by atoms with van der Waals surface area (Å²) in [6.07, 6.45) is 7.38. The topological polar surface area (TPSA) is 12.0 Å². The van der Waals surface area contributed by atoms with Gasteiger partial charge in [-0.05, 0) is 19.1 Å². The van der Waals surface area contributed by atoms with Gasteiger partial charge in [-0.3, -0.25) is 0 Å². The molecule has 2 heteroatoms. The molecule has 1 rings (SSSR count). The fourth-order valence-electron chi connectivity index (χ4n) is 1.55. The third-order valence-electron chi connectivity index (χ3n) is 2.30. The lowest BCUT2D eigenvalue weighted by Gasteiger charge is -2.20. The molecular weight excluding hydrogens is 166 g/mol. The highest BCUT2D eigenvalue weighted by Gasteiger charge is 2.24. The van der Waals surface area contributed by atoms with Crippen LogP contribution >= 0.6 is 11.8 Å². The highest BCUT2D eigenvalue weighted by atomic mass is 32.2. The van der Waals surface area contributed by atoms with E-state index < -0.39 is 0 Å². The minimum atomic E-state index is 0.473. The zero-order valence-electron chi connectivity index (χ0n) is 7.84. The Hall–Kier alpha value is -0.130. The number of nitrogens with one attached hydrogen (secondary N) is 1. The summed E-state index contributed by atoms with van der Waals surface area (Å²) in [5.41, 5.74) is 0. The van der Waals surface area contributed by atoms with E-state index in [1.165, 1.54) is 12.2 Å². The van der Waals surface area contributed by atoms with Crippen molar-refractivity contribution < 1.29 is 0 Å². The molecule has 1 N–H and O–H groups in total. The van der Waals surface area contributed by atoms with Crippen LogP contribution in [-0.4, -0.2) is 23.1 Å². The summed E-state index contributed by atoms with van der Waals surface area (Å²) in [4.78, 5) is 0. The fourth-order valence-corrected chi connectivity index (χ4v) is 2.76. The average molecular weight is 183 g/mol. The van der Waals surface area contributed by atoms with Gasteiger partial charge in [0.2, 0.25) is 0 Å². The van der Waals surface area contributed by atoms with Crippen LogP contribution in [0.25, 0.3) is 0 Å². The normalized spacial score (nSPS) is 31.4. The summed E-state index contributed by atoms with van der Waals surface area (Å²) < 4.78 is 0. The molecule has 1 heterocycles. The standard InChI is InChI=1S/C10H17NS/c1-4-5-8(2)11-10-6-7-12-9(10)3/h1,8-11H,5-7H2,2-3H3. The summed E-state index contributed by atoms with van der Waals surface area (Å²) in [7, 11) is 0. The first-order valence-electron chi connectivity index (χ1n) is 4.55. The zero-order chi connectivity index (χ0) is 8.97. The van der Waals surface area contributed by atoms with Gasteiger partial charge in [-0.15, -0.1) is 12.3 Å². The lowest BCUT2D eigenvalue weighted by Crippen LogP contribution is -2.39. The third-order valence-corrected chi connectivity index (χ3v) is 3.62. The molecular formula is C10H17NS. The second-order valence-corrected chi connectivity index (χ2v) is 4.93. The number of terminal acetylenes is 1. The third kappa shape index (κ3) is 2.73. The molecule has 0 spiro atoms. The molecule has 1 aliphatic heterocycles. The molecule has 0 saturated carbocycles. The van der Waals surface area contributed by atoms with E-state index in [0.29, 0.717) is 12.1 Å². The molecule has 0 aliphatic carbocycles. The minimum absolute atomic E-state index is 0.473. The molecule has 12 heavy (non-hydrogen) atoms. The Morgan fingerprint density at radius 2 is 2.50 bits per heavy atom. The van der Waals surface area contributed by atoms with Crippen LogP contribution in [0.5, 0.6) is 0 Å². The van der Waals surface area contributed by atoms with Crippen LogP contribution in [0.15, 0.2) is 0 Å². The van der Waals surface area contributed by atoms with Gasteiger partial charge in [-0.2, -0.15) is 11.8 Å². The van der Waals surface area contributed by atoms with Gasteiger partial charge in [0.25, 0.3) is 0 Å². The lowest BCUT2D eigenvalue weighted by molar-refractivity contribution is 0.448. The van der Waals surface area contributed by atoms with E-state index in [2.05, 4.69) is 36.8 Å². The van der Waals surface area contributed by atoms with Crippen molar-refractivity contribution in [2.75, 3.05) is 5.75 Å². The van der Waals surface area contributed by atoms with Crippen LogP contribution in [0, 0.1) is 12.3 Å². The van der Waals surface area contributed by atoms with Gasteiger partial charge in [0.15, 0.2) is 0 Å². The molecule has 68 valence electrons. The van der Waals surface area contributed by atoms with Gasteiger partial charge >= 0.3 is 0 Å². The Labute approximate surface area is 79.7 Å². The molecule has 1 fully saturated rings. The number of hydrogen-bond donors (Lipinski definition) is 1. The smallest absolute Gasteiger partial charge is 0.0238 e. The highest BCUT2D eigenvalue weighted by Crippen LogP contribution is 2.26. The van der Waals surface area contributed by atoms with Crippen molar-refractivity contribution in [1.82, 2.24) is 5.32 Å². The molecule has 0 amide bonds. The maximum Gasteiger partial charge on any atom is 0.0238 e. The predicted molar refractivity (Wildman–Crippen MR) is 56.4 cm³/mol. The van der Waals surface area contributed by atoms with Crippen LogP contribution in [0.3, 0.4) is 0 Å². The molecule has 1 nitrogen and oxygen atoms in total. The van der Waals surface area contributed by atoms with Gasteiger partial charge in [0, 0.05) is 23.8 Å². The summed E-state index contributed by atoms with van der Waals surface area (Å²) in [6.45, 7) is 4.45. The molecule has 3 atom stereocenters. The zero-order valence-corrected chi connectivity index (χ0v) is 8.66. The van der Waals surface area contributed by atoms with E-state index >= 15 is 0 Å². The molecule has 0 radical (unpaired) electrons. The average Bonchev–Trinajstić information content (AvgIpc) is 2.37. The van der Waals surface area contributed by atoms with Crippen molar-refractivity contribution in [3.05, 3.63) is 0 Å². The number of rotatable bonds is 3. The molecule has 1 aliphatic rings. The van der Waals surface area contributed by atoms with Gasteiger partial charge in [0.1, 0.15) is 0 Å². The Bertz CT molecular complexity index is 173. The molecule has 3 unspecified atom stereocenters. The fraction of sp³-hybridized carbons (Fsp3) is 0.800. The van der Waals surface area contributed by atoms with Crippen LogP contribution in [0.1, 0.15) is 26.7 Å². The second-order valence-electron chi connectivity index (χ2n) is 3.45. The number of hydrogen-bond acceptors (Lipinski definition) is 2. The largest absolute Gasteiger partial charge is 0.309 e. The van der Waals surface area contributed by atoms with Gasteiger partial charge in [-0.1, -0.05) is 6.92 Å². The summed E-state index contributed by atoms with van der Waals surface area (Å²) in [5.74, 6) is 3.98. The second kappa shape index (κ2) is 4.79. The molecule has 1 saturated heterocycles. The minimum Gasteiger partial charge on any atom is -0.309 e. The lowest BCUT2D eigenvalue weighted by atomic mass is 10.1. The van der Waals surface area contributed by atoms with Crippen molar-refractivity contribution >= 4 is 11.8 Å². The highest BCUT2D eigenvalue weighted by molar-refractivity contribution is 8.00. The van der Waals surface area contributed by atoms with Gasteiger partial charge in [-0.25, -0.2) is 0 Å². The monoisotopic (exact) mass is 183 g/mol. The van der Waals surface area contributed by atoms with Crippen molar-refractivity contribution in [3.63, 3.8) is 0 Å². The van der Waals surface area contributed by atoms with E-state index in [1.54, 1.807) is 0 Å². The molecule has 0 aromatic rings.